The smallest absolute Gasteiger partial charge is 0.171 e. The second-order valence-electron chi connectivity index (χ2n) is 1.83. The fraction of sp³-hybridized carbons (Fsp3) is 0.286. The van der Waals surface area contributed by atoms with Crippen LogP contribution in [0.25, 0.3) is 0 Å². The Morgan fingerprint density at radius 3 is 3.09 bits per heavy atom. The summed E-state index contributed by atoms with van der Waals surface area (Å²) in [4.78, 5) is 3.75. The molecule has 11 heavy (non-hydrogen) atoms. The quantitative estimate of drug-likeness (QED) is 0.657. The molecular formula is C7H7ClFNO. The standard InChI is InChI=1S/C7H7ClFNO/c8-7-6(11-5-3-9)2-1-4-10-7/h1-2,4H,3,5H2. The van der Waals surface area contributed by atoms with Gasteiger partial charge in [0, 0.05) is 6.20 Å². The number of aromatic nitrogens is 1. The van der Waals surface area contributed by atoms with Gasteiger partial charge in [0.1, 0.15) is 13.3 Å². The average molecular weight is 176 g/mol. The minimum Gasteiger partial charge on any atom is -0.488 e. The molecule has 0 aromatic carbocycles. The molecule has 0 aliphatic carbocycles. The van der Waals surface area contributed by atoms with Crippen LogP contribution in [0.3, 0.4) is 0 Å². The van der Waals surface area contributed by atoms with Crippen molar-refractivity contribution in [3.05, 3.63) is 23.5 Å². The maximum absolute atomic E-state index is 11.6. The van der Waals surface area contributed by atoms with Gasteiger partial charge in [-0.15, -0.1) is 0 Å². The Bertz CT molecular complexity index is 231. The molecular weight excluding hydrogens is 169 g/mol. The van der Waals surface area contributed by atoms with E-state index < -0.39 is 6.67 Å². The van der Waals surface area contributed by atoms with Crippen molar-refractivity contribution in [3.63, 3.8) is 0 Å². The Morgan fingerprint density at radius 2 is 2.45 bits per heavy atom. The number of pyridine rings is 1. The Morgan fingerprint density at radius 1 is 1.64 bits per heavy atom. The third-order valence-corrected chi connectivity index (χ3v) is 1.34. The van der Waals surface area contributed by atoms with Crippen LogP contribution in [0.15, 0.2) is 18.3 Å². The van der Waals surface area contributed by atoms with Crippen molar-refractivity contribution in [2.24, 2.45) is 0 Å². The summed E-state index contributed by atoms with van der Waals surface area (Å²) in [7, 11) is 0. The summed E-state index contributed by atoms with van der Waals surface area (Å²) in [5, 5.41) is 0.265. The predicted molar refractivity (Wildman–Crippen MR) is 40.7 cm³/mol. The minimum absolute atomic E-state index is 0.0193. The summed E-state index contributed by atoms with van der Waals surface area (Å²) in [5.74, 6) is 0.423. The van der Waals surface area contributed by atoms with Crippen LogP contribution < -0.4 is 4.74 Å². The van der Waals surface area contributed by atoms with Gasteiger partial charge in [-0.1, -0.05) is 11.6 Å². The van der Waals surface area contributed by atoms with Gasteiger partial charge in [-0.05, 0) is 12.1 Å². The van der Waals surface area contributed by atoms with Crippen molar-refractivity contribution < 1.29 is 9.13 Å². The fourth-order valence-electron chi connectivity index (χ4n) is 0.627. The van der Waals surface area contributed by atoms with E-state index in [1.54, 1.807) is 18.3 Å². The highest BCUT2D eigenvalue weighted by molar-refractivity contribution is 6.30. The number of hydrogen-bond acceptors (Lipinski definition) is 2. The molecule has 0 saturated heterocycles. The lowest BCUT2D eigenvalue weighted by Crippen LogP contribution is -1.99. The van der Waals surface area contributed by atoms with E-state index in [1.807, 2.05) is 0 Å². The van der Waals surface area contributed by atoms with Crippen LogP contribution in [-0.4, -0.2) is 18.3 Å². The molecule has 0 amide bonds. The zero-order chi connectivity index (χ0) is 8.10. The number of ether oxygens (including phenoxy) is 1. The number of halogens is 2. The van der Waals surface area contributed by atoms with E-state index in [0.717, 1.165) is 0 Å². The molecule has 0 aliphatic heterocycles. The van der Waals surface area contributed by atoms with Crippen LogP contribution in [0.5, 0.6) is 5.75 Å². The molecule has 1 rings (SSSR count). The summed E-state index contributed by atoms with van der Waals surface area (Å²) in [6.45, 7) is -0.503. The summed E-state index contributed by atoms with van der Waals surface area (Å²) in [6, 6.07) is 3.32. The van der Waals surface area contributed by atoms with Crippen molar-refractivity contribution in [2.45, 2.75) is 0 Å². The van der Waals surface area contributed by atoms with Gasteiger partial charge >= 0.3 is 0 Å². The topological polar surface area (TPSA) is 22.1 Å². The molecule has 0 unspecified atom stereocenters. The highest BCUT2D eigenvalue weighted by Gasteiger charge is 1.98. The molecule has 0 aliphatic rings. The third-order valence-electron chi connectivity index (χ3n) is 1.06. The van der Waals surface area contributed by atoms with Crippen LogP contribution in [0.4, 0.5) is 4.39 Å². The Labute approximate surface area is 69.0 Å². The van der Waals surface area contributed by atoms with Gasteiger partial charge in [-0.2, -0.15) is 0 Å². The molecule has 0 atom stereocenters. The van der Waals surface area contributed by atoms with Gasteiger partial charge in [-0.3, -0.25) is 0 Å². The van der Waals surface area contributed by atoms with Crippen LogP contribution in [0.2, 0.25) is 5.15 Å². The first kappa shape index (κ1) is 8.27. The Hall–Kier alpha value is -0.830. The molecule has 0 spiro atoms. The van der Waals surface area contributed by atoms with Gasteiger partial charge in [0.25, 0.3) is 0 Å². The predicted octanol–water partition coefficient (Wildman–Crippen LogP) is 2.08. The summed E-state index contributed by atoms with van der Waals surface area (Å²) < 4.78 is 16.5. The highest BCUT2D eigenvalue weighted by atomic mass is 35.5. The lowest BCUT2D eigenvalue weighted by atomic mass is 10.5. The molecule has 1 heterocycles. The number of nitrogens with zero attached hydrogens (tertiary/aromatic N) is 1. The van der Waals surface area contributed by atoms with Crippen molar-refractivity contribution in [3.8, 4) is 5.75 Å². The van der Waals surface area contributed by atoms with Crippen LogP contribution in [0.1, 0.15) is 0 Å². The summed E-state index contributed by atoms with van der Waals surface area (Å²) in [6.07, 6.45) is 1.55. The van der Waals surface area contributed by atoms with E-state index in [1.165, 1.54) is 0 Å². The molecule has 1 aromatic rings. The zero-order valence-electron chi connectivity index (χ0n) is 5.76. The first-order chi connectivity index (χ1) is 5.34. The lowest BCUT2D eigenvalue weighted by Gasteiger charge is -2.02. The SMILES string of the molecule is FCCOc1cccnc1Cl. The number of alkyl halides is 1. The molecule has 60 valence electrons. The summed E-state index contributed by atoms with van der Waals surface area (Å²) >= 11 is 5.60. The zero-order valence-corrected chi connectivity index (χ0v) is 6.51. The monoisotopic (exact) mass is 175 g/mol. The van der Waals surface area contributed by atoms with E-state index in [4.69, 9.17) is 16.3 Å². The first-order valence-corrected chi connectivity index (χ1v) is 3.51. The van der Waals surface area contributed by atoms with Crippen molar-refractivity contribution in [1.29, 1.82) is 0 Å². The fourth-order valence-corrected chi connectivity index (χ4v) is 0.801. The van der Waals surface area contributed by atoms with Crippen molar-refractivity contribution in [1.82, 2.24) is 4.98 Å². The molecule has 0 bridgehead atoms. The minimum atomic E-state index is -0.523. The summed E-state index contributed by atoms with van der Waals surface area (Å²) in [5.41, 5.74) is 0. The maximum Gasteiger partial charge on any atom is 0.171 e. The second-order valence-corrected chi connectivity index (χ2v) is 2.19. The van der Waals surface area contributed by atoms with Gasteiger partial charge in [-0.25, -0.2) is 9.37 Å². The van der Waals surface area contributed by atoms with Crippen LogP contribution >= 0.6 is 11.6 Å². The molecule has 1 aromatic heterocycles. The second kappa shape index (κ2) is 4.13. The van der Waals surface area contributed by atoms with Crippen molar-refractivity contribution >= 4 is 11.6 Å². The number of rotatable bonds is 3. The van der Waals surface area contributed by atoms with Crippen LogP contribution in [0, 0.1) is 0 Å². The van der Waals surface area contributed by atoms with E-state index in [2.05, 4.69) is 4.98 Å². The van der Waals surface area contributed by atoms with Gasteiger partial charge < -0.3 is 4.74 Å². The van der Waals surface area contributed by atoms with Crippen molar-refractivity contribution in [2.75, 3.05) is 13.3 Å². The van der Waals surface area contributed by atoms with E-state index >= 15 is 0 Å². The Balaban J connectivity index is 2.62. The van der Waals surface area contributed by atoms with E-state index in [9.17, 15) is 4.39 Å². The van der Waals surface area contributed by atoms with Crippen LogP contribution in [-0.2, 0) is 0 Å². The average Bonchev–Trinajstić information content (AvgIpc) is 2.03. The molecule has 0 radical (unpaired) electrons. The van der Waals surface area contributed by atoms with E-state index in [0.29, 0.717) is 5.75 Å². The highest BCUT2D eigenvalue weighted by Crippen LogP contribution is 2.19. The lowest BCUT2D eigenvalue weighted by molar-refractivity contribution is 0.272. The Kier molecular flexibility index (Phi) is 3.11. The largest absolute Gasteiger partial charge is 0.488 e. The molecule has 0 N–H and O–H groups in total. The van der Waals surface area contributed by atoms with Gasteiger partial charge in [0.15, 0.2) is 10.9 Å². The molecule has 2 nitrogen and oxygen atoms in total. The molecule has 4 heteroatoms. The van der Waals surface area contributed by atoms with Gasteiger partial charge in [0.05, 0.1) is 0 Å². The first-order valence-electron chi connectivity index (χ1n) is 3.14. The van der Waals surface area contributed by atoms with Gasteiger partial charge in [0.2, 0.25) is 0 Å². The normalized spacial score (nSPS) is 9.64. The third kappa shape index (κ3) is 2.35. The maximum atomic E-state index is 11.6. The van der Waals surface area contributed by atoms with E-state index in [-0.39, 0.29) is 11.8 Å². The molecule has 0 fully saturated rings. The molecule has 0 saturated carbocycles. The number of hydrogen-bond donors (Lipinski definition) is 0.